The maximum Gasteiger partial charge on any atom is 0.231 e. The third-order valence-electron chi connectivity index (χ3n) is 2.40. The highest BCUT2D eigenvalue weighted by Crippen LogP contribution is 2.08. The van der Waals surface area contributed by atoms with Crippen LogP contribution in [0.1, 0.15) is 12.0 Å². The van der Waals surface area contributed by atoms with E-state index in [0.29, 0.717) is 25.2 Å². The molecule has 0 fully saturated rings. The number of nitrogens with two attached hydrogens (primary N) is 2. The summed E-state index contributed by atoms with van der Waals surface area (Å²) in [6, 6.07) is 7.48. The van der Waals surface area contributed by atoms with Crippen molar-refractivity contribution in [2.75, 3.05) is 25.4 Å². The lowest BCUT2D eigenvalue weighted by Crippen LogP contribution is -2.34. The highest BCUT2D eigenvalue weighted by molar-refractivity contribution is 5.75. The van der Waals surface area contributed by atoms with Crippen LogP contribution < -0.4 is 11.5 Å². The summed E-state index contributed by atoms with van der Waals surface area (Å²) in [5.41, 5.74) is 12.6. The van der Waals surface area contributed by atoms with E-state index in [4.69, 9.17) is 16.6 Å². The van der Waals surface area contributed by atoms with Crippen LogP contribution in [0.5, 0.6) is 0 Å². The predicted octanol–water partition coefficient (Wildman–Crippen LogP) is -0.0615. The first kappa shape index (κ1) is 13.5. The van der Waals surface area contributed by atoms with Crippen molar-refractivity contribution in [3.63, 3.8) is 0 Å². The smallest absolute Gasteiger partial charge is 0.231 e. The minimum absolute atomic E-state index is 0.108. The van der Waals surface area contributed by atoms with Gasteiger partial charge in [0.2, 0.25) is 5.91 Å². The van der Waals surface area contributed by atoms with Gasteiger partial charge in [0.25, 0.3) is 0 Å². The Morgan fingerprint density at radius 2 is 1.94 bits per heavy atom. The second-order valence-corrected chi connectivity index (χ2v) is 4.00. The maximum atomic E-state index is 10.9. The van der Waals surface area contributed by atoms with Gasteiger partial charge in [0.1, 0.15) is 0 Å². The molecule has 0 saturated heterocycles. The number of nitrogens with zero attached hydrogens (tertiary/aromatic N) is 1. The summed E-state index contributed by atoms with van der Waals surface area (Å²) in [6.45, 7) is 1.58. The van der Waals surface area contributed by atoms with Gasteiger partial charge in [-0.05, 0) is 24.1 Å². The molecule has 0 atom stereocenters. The molecule has 1 rings (SSSR count). The van der Waals surface area contributed by atoms with Crippen molar-refractivity contribution in [2.45, 2.75) is 13.0 Å². The van der Waals surface area contributed by atoms with Gasteiger partial charge in [0.05, 0.1) is 6.54 Å². The Morgan fingerprint density at radius 3 is 2.47 bits per heavy atom. The van der Waals surface area contributed by atoms with Crippen LogP contribution in [0.25, 0.3) is 0 Å². The van der Waals surface area contributed by atoms with Gasteiger partial charge < -0.3 is 16.6 Å². The summed E-state index contributed by atoms with van der Waals surface area (Å²) in [6.07, 6.45) is 0.627. The molecule has 0 spiro atoms. The molecule has 94 valence electrons. The summed E-state index contributed by atoms with van der Waals surface area (Å²) in [7, 11) is 0. The molecule has 0 unspecified atom stereocenters. The summed E-state index contributed by atoms with van der Waals surface area (Å²) in [5, 5.41) is 8.79. The van der Waals surface area contributed by atoms with E-state index in [-0.39, 0.29) is 19.1 Å². The minimum Gasteiger partial charge on any atom is -0.399 e. The molecule has 1 amide bonds. The Hall–Kier alpha value is -1.59. The molecule has 0 aliphatic heterocycles. The summed E-state index contributed by atoms with van der Waals surface area (Å²) >= 11 is 0. The zero-order valence-corrected chi connectivity index (χ0v) is 9.80. The number of rotatable bonds is 7. The Morgan fingerprint density at radius 1 is 1.29 bits per heavy atom. The van der Waals surface area contributed by atoms with Gasteiger partial charge in [-0.2, -0.15) is 0 Å². The fraction of sp³-hybridized carbons (Fsp3) is 0.417. The number of hydrogen-bond donors (Lipinski definition) is 3. The van der Waals surface area contributed by atoms with Crippen LogP contribution in [0.15, 0.2) is 24.3 Å². The van der Waals surface area contributed by atoms with Crippen molar-refractivity contribution in [1.82, 2.24) is 4.90 Å². The Kier molecular flexibility index (Phi) is 5.45. The molecule has 5 nitrogen and oxygen atoms in total. The second kappa shape index (κ2) is 6.88. The molecule has 0 saturated carbocycles. The molecular formula is C12H19N3O2. The number of anilines is 1. The lowest BCUT2D eigenvalue weighted by Gasteiger charge is -2.20. The number of hydrogen-bond acceptors (Lipinski definition) is 4. The van der Waals surface area contributed by atoms with E-state index >= 15 is 0 Å². The minimum atomic E-state index is -0.363. The van der Waals surface area contributed by atoms with Crippen LogP contribution in [0.4, 0.5) is 5.69 Å². The molecular weight excluding hydrogens is 218 g/mol. The molecule has 0 bridgehead atoms. The van der Waals surface area contributed by atoms with Crippen molar-refractivity contribution >= 4 is 11.6 Å². The lowest BCUT2D eigenvalue weighted by molar-refractivity contribution is -0.119. The summed E-state index contributed by atoms with van der Waals surface area (Å²) in [4.78, 5) is 12.8. The largest absolute Gasteiger partial charge is 0.399 e. The van der Waals surface area contributed by atoms with E-state index in [2.05, 4.69) is 0 Å². The van der Waals surface area contributed by atoms with E-state index < -0.39 is 0 Å². The van der Waals surface area contributed by atoms with Crippen molar-refractivity contribution in [2.24, 2.45) is 5.73 Å². The lowest BCUT2D eigenvalue weighted by atomic mass is 10.2. The zero-order valence-electron chi connectivity index (χ0n) is 9.80. The number of carbonyl (C=O) groups excluding carboxylic acids is 1. The maximum absolute atomic E-state index is 10.9. The average molecular weight is 237 g/mol. The third kappa shape index (κ3) is 5.33. The number of carbonyl (C=O) groups is 1. The number of nitrogen functional groups attached to an aromatic ring is 1. The molecule has 0 heterocycles. The first-order valence-corrected chi connectivity index (χ1v) is 5.57. The van der Waals surface area contributed by atoms with Gasteiger partial charge in [-0.25, -0.2) is 0 Å². The average Bonchev–Trinajstić information content (AvgIpc) is 2.28. The fourth-order valence-corrected chi connectivity index (χ4v) is 1.61. The van der Waals surface area contributed by atoms with Crippen molar-refractivity contribution in [3.8, 4) is 0 Å². The Balaban J connectivity index is 2.57. The van der Waals surface area contributed by atoms with Crippen LogP contribution in [-0.2, 0) is 11.3 Å². The van der Waals surface area contributed by atoms with E-state index in [1.54, 1.807) is 0 Å². The molecule has 0 radical (unpaired) electrons. The first-order chi connectivity index (χ1) is 8.11. The predicted molar refractivity (Wildman–Crippen MR) is 67.0 cm³/mol. The van der Waals surface area contributed by atoms with Gasteiger partial charge in [-0.15, -0.1) is 0 Å². The normalized spacial score (nSPS) is 10.7. The van der Waals surface area contributed by atoms with Crippen molar-refractivity contribution < 1.29 is 9.90 Å². The number of benzene rings is 1. The molecule has 1 aromatic rings. The van der Waals surface area contributed by atoms with Crippen LogP contribution in [0.3, 0.4) is 0 Å². The molecule has 0 aliphatic carbocycles. The number of aliphatic hydroxyl groups excluding tert-OH is 1. The number of primary amides is 1. The highest BCUT2D eigenvalue weighted by atomic mass is 16.3. The fourth-order valence-electron chi connectivity index (χ4n) is 1.61. The third-order valence-corrected chi connectivity index (χ3v) is 2.40. The highest BCUT2D eigenvalue weighted by Gasteiger charge is 2.08. The summed E-state index contributed by atoms with van der Waals surface area (Å²) in [5.74, 6) is -0.363. The van der Waals surface area contributed by atoms with Gasteiger partial charge in [-0.1, -0.05) is 12.1 Å². The molecule has 0 aromatic heterocycles. The van der Waals surface area contributed by atoms with Gasteiger partial charge in [-0.3, -0.25) is 9.69 Å². The number of aliphatic hydroxyl groups is 1. The van der Waals surface area contributed by atoms with Gasteiger partial charge in [0.15, 0.2) is 0 Å². The first-order valence-electron chi connectivity index (χ1n) is 5.57. The van der Waals surface area contributed by atoms with E-state index in [0.717, 1.165) is 5.56 Å². The molecule has 17 heavy (non-hydrogen) atoms. The van der Waals surface area contributed by atoms with E-state index in [9.17, 15) is 4.79 Å². The number of amides is 1. The standard InChI is InChI=1S/C12H19N3O2/c13-11-4-2-10(3-5-11)8-15(6-1-7-16)9-12(14)17/h2-5,16H,1,6-9,13H2,(H2,14,17). The topological polar surface area (TPSA) is 92.6 Å². The van der Waals surface area contributed by atoms with Gasteiger partial charge >= 0.3 is 0 Å². The van der Waals surface area contributed by atoms with Crippen LogP contribution in [0.2, 0.25) is 0 Å². The van der Waals surface area contributed by atoms with Crippen LogP contribution in [0, 0.1) is 0 Å². The monoisotopic (exact) mass is 237 g/mol. The zero-order chi connectivity index (χ0) is 12.7. The van der Waals surface area contributed by atoms with Crippen molar-refractivity contribution in [1.29, 1.82) is 0 Å². The van der Waals surface area contributed by atoms with E-state index in [1.165, 1.54) is 0 Å². The van der Waals surface area contributed by atoms with Crippen LogP contribution in [-0.4, -0.2) is 35.6 Å². The quantitative estimate of drug-likeness (QED) is 0.579. The molecule has 5 N–H and O–H groups in total. The molecule has 5 heteroatoms. The Labute approximate surface area is 101 Å². The van der Waals surface area contributed by atoms with Crippen molar-refractivity contribution in [3.05, 3.63) is 29.8 Å². The SMILES string of the molecule is NC(=O)CN(CCCO)Cc1ccc(N)cc1. The molecule has 1 aromatic carbocycles. The molecule has 0 aliphatic rings. The summed E-state index contributed by atoms with van der Waals surface area (Å²) < 4.78 is 0. The second-order valence-electron chi connectivity index (χ2n) is 4.00. The van der Waals surface area contributed by atoms with Crippen LogP contribution >= 0.6 is 0 Å². The van der Waals surface area contributed by atoms with E-state index in [1.807, 2.05) is 29.2 Å². The Bertz CT molecular complexity index is 351. The van der Waals surface area contributed by atoms with Gasteiger partial charge in [0, 0.05) is 25.4 Å².